The van der Waals surface area contributed by atoms with E-state index < -0.39 is 0 Å². The lowest BCUT2D eigenvalue weighted by Crippen LogP contribution is -1.97. The zero-order valence-electron chi connectivity index (χ0n) is 11.2. The normalized spacial score (nSPS) is 10.3. The lowest BCUT2D eigenvalue weighted by atomic mass is 10.3. The van der Waals surface area contributed by atoms with Crippen LogP contribution in [-0.4, -0.2) is 21.8 Å². The van der Waals surface area contributed by atoms with E-state index >= 15 is 0 Å². The first-order valence-electron chi connectivity index (χ1n) is 6.32. The number of aromatic nitrogens is 3. The highest BCUT2D eigenvalue weighted by Gasteiger charge is 2.09. The highest BCUT2D eigenvalue weighted by Crippen LogP contribution is 2.31. The Morgan fingerprint density at radius 3 is 3.10 bits per heavy atom. The van der Waals surface area contributed by atoms with Gasteiger partial charge in [-0.3, -0.25) is 0 Å². The number of rotatable bonds is 4. The molecule has 21 heavy (non-hydrogen) atoms. The maximum Gasteiger partial charge on any atom is 0.189 e. The van der Waals surface area contributed by atoms with Crippen LogP contribution in [0.15, 0.2) is 30.5 Å². The Kier molecular flexibility index (Phi) is 3.62. The summed E-state index contributed by atoms with van der Waals surface area (Å²) in [4.78, 5) is 4.46. The van der Waals surface area contributed by atoms with Crippen molar-refractivity contribution in [1.82, 2.24) is 15.2 Å². The molecule has 104 valence electrons. The van der Waals surface area contributed by atoms with Gasteiger partial charge < -0.3 is 10.1 Å². The molecule has 0 aliphatic carbocycles. The Morgan fingerprint density at radius 2 is 2.29 bits per heavy atom. The summed E-state index contributed by atoms with van der Waals surface area (Å²) >= 11 is 1.47. The fourth-order valence-corrected chi connectivity index (χ4v) is 2.72. The van der Waals surface area contributed by atoms with Crippen LogP contribution in [0.1, 0.15) is 12.5 Å². The standard InChI is InChI=1S/C14H11N5OS/c1-2-20-10-3-4-11-12(7-10)21-14(17-11)18-13-9(8-15)5-6-16-19-13/h3-7H,2H2,1H3,(H,17,18,19). The van der Waals surface area contributed by atoms with Gasteiger partial charge in [-0.15, -0.1) is 5.10 Å². The van der Waals surface area contributed by atoms with Gasteiger partial charge in [-0.1, -0.05) is 11.3 Å². The van der Waals surface area contributed by atoms with Gasteiger partial charge in [0.15, 0.2) is 10.9 Å². The van der Waals surface area contributed by atoms with Gasteiger partial charge in [0.05, 0.1) is 28.6 Å². The molecule has 7 heteroatoms. The van der Waals surface area contributed by atoms with Gasteiger partial charge in [0, 0.05) is 0 Å². The molecule has 2 aromatic heterocycles. The van der Waals surface area contributed by atoms with Crippen LogP contribution < -0.4 is 10.1 Å². The third-order valence-corrected chi connectivity index (χ3v) is 3.67. The highest BCUT2D eigenvalue weighted by atomic mass is 32.1. The Morgan fingerprint density at radius 1 is 1.38 bits per heavy atom. The first kappa shape index (κ1) is 13.3. The number of hydrogen-bond donors (Lipinski definition) is 1. The molecule has 0 amide bonds. The zero-order chi connectivity index (χ0) is 14.7. The number of nitrogens with zero attached hydrogens (tertiary/aromatic N) is 4. The van der Waals surface area contributed by atoms with Crippen molar-refractivity contribution in [2.45, 2.75) is 6.92 Å². The van der Waals surface area contributed by atoms with Gasteiger partial charge in [-0.25, -0.2) is 4.98 Å². The minimum atomic E-state index is 0.407. The molecule has 0 saturated carbocycles. The fraction of sp³-hybridized carbons (Fsp3) is 0.143. The van der Waals surface area contributed by atoms with Crippen LogP contribution in [0, 0.1) is 11.3 Å². The van der Waals surface area contributed by atoms with Crippen LogP contribution in [0.25, 0.3) is 10.2 Å². The Balaban J connectivity index is 1.93. The number of benzene rings is 1. The number of nitrogens with one attached hydrogen (secondary N) is 1. The van der Waals surface area contributed by atoms with E-state index in [-0.39, 0.29) is 0 Å². The number of anilines is 2. The molecule has 0 spiro atoms. The summed E-state index contributed by atoms with van der Waals surface area (Å²) < 4.78 is 6.48. The Labute approximate surface area is 125 Å². The summed E-state index contributed by atoms with van der Waals surface area (Å²) in [6.45, 7) is 2.57. The smallest absolute Gasteiger partial charge is 0.189 e. The van der Waals surface area contributed by atoms with Crippen LogP contribution >= 0.6 is 11.3 Å². The average Bonchev–Trinajstić information content (AvgIpc) is 2.89. The topological polar surface area (TPSA) is 83.7 Å². The summed E-state index contributed by atoms with van der Waals surface area (Å²) in [5, 5.41) is 20.4. The third kappa shape index (κ3) is 2.75. The Bertz CT molecular complexity index is 824. The average molecular weight is 297 g/mol. The number of hydrogen-bond acceptors (Lipinski definition) is 7. The second kappa shape index (κ2) is 5.73. The third-order valence-electron chi connectivity index (χ3n) is 2.74. The molecule has 6 nitrogen and oxygen atoms in total. The predicted molar refractivity (Wildman–Crippen MR) is 80.8 cm³/mol. The molecule has 3 rings (SSSR count). The molecule has 0 aliphatic heterocycles. The second-order valence-electron chi connectivity index (χ2n) is 4.11. The molecule has 1 aromatic carbocycles. The molecule has 0 fully saturated rings. The van der Waals surface area contributed by atoms with Gasteiger partial charge in [0.25, 0.3) is 0 Å². The molecule has 2 heterocycles. The van der Waals surface area contributed by atoms with Crippen molar-refractivity contribution >= 4 is 32.5 Å². The van der Waals surface area contributed by atoms with E-state index in [0.717, 1.165) is 16.0 Å². The van der Waals surface area contributed by atoms with Crippen molar-refractivity contribution in [3.8, 4) is 11.8 Å². The minimum Gasteiger partial charge on any atom is -0.494 e. The summed E-state index contributed by atoms with van der Waals surface area (Å²) in [5.74, 6) is 1.22. The SMILES string of the molecule is CCOc1ccc2nc(Nc3nnccc3C#N)sc2c1. The quantitative estimate of drug-likeness (QED) is 0.796. The van der Waals surface area contributed by atoms with Crippen molar-refractivity contribution < 1.29 is 4.74 Å². The van der Waals surface area contributed by atoms with E-state index in [0.29, 0.717) is 23.1 Å². The first-order chi connectivity index (χ1) is 10.3. The summed E-state index contributed by atoms with van der Waals surface area (Å²) in [6.07, 6.45) is 1.48. The number of nitriles is 1. The minimum absolute atomic E-state index is 0.407. The van der Waals surface area contributed by atoms with Crippen LogP contribution in [-0.2, 0) is 0 Å². The molecule has 0 aliphatic rings. The van der Waals surface area contributed by atoms with Gasteiger partial charge in [-0.2, -0.15) is 10.4 Å². The molecule has 0 bridgehead atoms. The van der Waals surface area contributed by atoms with Gasteiger partial charge in [0.1, 0.15) is 11.8 Å². The molecular weight excluding hydrogens is 286 g/mol. The molecule has 0 radical (unpaired) electrons. The van der Waals surface area contributed by atoms with Crippen molar-refractivity contribution in [3.05, 3.63) is 36.0 Å². The van der Waals surface area contributed by atoms with Crippen molar-refractivity contribution in [1.29, 1.82) is 5.26 Å². The lowest BCUT2D eigenvalue weighted by Gasteiger charge is -2.00. The molecule has 0 atom stereocenters. The van der Waals surface area contributed by atoms with Crippen LogP contribution in [0.2, 0.25) is 0 Å². The maximum absolute atomic E-state index is 9.04. The van der Waals surface area contributed by atoms with Gasteiger partial charge in [0.2, 0.25) is 0 Å². The fourth-order valence-electron chi connectivity index (χ4n) is 1.83. The summed E-state index contributed by atoms with van der Waals surface area (Å²) in [5.41, 5.74) is 1.30. The van der Waals surface area contributed by atoms with Gasteiger partial charge >= 0.3 is 0 Å². The van der Waals surface area contributed by atoms with E-state index in [9.17, 15) is 0 Å². The predicted octanol–water partition coefficient (Wildman–Crippen LogP) is 3.10. The van der Waals surface area contributed by atoms with E-state index in [1.807, 2.05) is 25.1 Å². The Hall–Kier alpha value is -2.72. The largest absolute Gasteiger partial charge is 0.494 e. The first-order valence-corrected chi connectivity index (χ1v) is 7.14. The highest BCUT2D eigenvalue weighted by molar-refractivity contribution is 7.22. The molecule has 3 aromatic rings. The van der Waals surface area contributed by atoms with E-state index in [4.69, 9.17) is 10.00 Å². The van der Waals surface area contributed by atoms with Gasteiger partial charge in [-0.05, 0) is 31.2 Å². The van der Waals surface area contributed by atoms with Crippen LogP contribution in [0.3, 0.4) is 0 Å². The number of ether oxygens (including phenoxy) is 1. The zero-order valence-corrected chi connectivity index (χ0v) is 12.0. The second-order valence-corrected chi connectivity index (χ2v) is 5.14. The summed E-state index contributed by atoms with van der Waals surface area (Å²) in [7, 11) is 0. The van der Waals surface area contributed by atoms with Crippen LogP contribution in [0.4, 0.5) is 10.9 Å². The summed E-state index contributed by atoms with van der Waals surface area (Å²) in [6, 6.07) is 9.42. The van der Waals surface area contributed by atoms with E-state index in [1.165, 1.54) is 17.5 Å². The number of fused-ring (bicyclic) bond motifs is 1. The van der Waals surface area contributed by atoms with Crippen molar-refractivity contribution in [2.24, 2.45) is 0 Å². The molecule has 1 N–H and O–H groups in total. The lowest BCUT2D eigenvalue weighted by molar-refractivity contribution is 0.341. The number of thiazole rings is 1. The molecular formula is C14H11N5OS. The van der Waals surface area contributed by atoms with E-state index in [1.54, 1.807) is 6.07 Å². The maximum atomic E-state index is 9.04. The molecule has 0 unspecified atom stereocenters. The van der Waals surface area contributed by atoms with E-state index in [2.05, 4.69) is 26.6 Å². The molecule has 0 saturated heterocycles. The van der Waals surface area contributed by atoms with Crippen molar-refractivity contribution in [3.63, 3.8) is 0 Å². The van der Waals surface area contributed by atoms with Crippen LogP contribution in [0.5, 0.6) is 5.75 Å². The monoisotopic (exact) mass is 297 g/mol. The van der Waals surface area contributed by atoms with Crippen molar-refractivity contribution in [2.75, 3.05) is 11.9 Å².